The fraction of sp³-hybridized carbons (Fsp3) is 0.562. The van der Waals surface area contributed by atoms with Crippen molar-refractivity contribution < 1.29 is 32.5 Å². The molecule has 0 saturated heterocycles. The summed E-state index contributed by atoms with van der Waals surface area (Å²) < 4.78 is 40.5. The van der Waals surface area contributed by atoms with Gasteiger partial charge in [-0.25, -0.2) is 13.2 Å². The zero-order chi connectivity index (χ0) is 18.7. The minimum absolute atomic E-state index is 0.0214. The van der Waals surface area contributed by atoms with Gasteiger partial charge in [0.05, 0.1) is 16.8 Å². The van der Waals surface area contributed by atoms with Crippen molar-refractivity contribution in [3.05, 3.63) is 18.2 Å². The molecule has 0 aliphatic carbocycles. The highest BCUT2D eigenvalue weighted by molar-refractivity contribution is 7.91. The summed E-state index contributed by atoms with van der Waals surface area (Å²) in [5.74, 6) is 0.300. The van der Waals surface area contributed by atoms with E-state index in [4.69, 9.17) is 14.2 Å². The average molecular weight is 373 g/mol. The first kappa shape index (κ1) is 19.3. The van der Waals surface area contributed by atoms with Gasteiger partial charge in [0.25, 0.3) is 0 Å². The number of rotatable bonds is 5. The molecule has 0 radical (unpaired) electrons. The first-order chi connectivity index (χ1) is 11.6. The van der Waals surface area contributed by atoms with Crippen molar-refractivity contribution >= 4 is 15.9 Å². The molecule has 8 nitrogen and oxygen atoms in total. The Bertz CT molecular complexity index is 724. The molecule has 0 aromatic heterocycles. The van der Waals surface area contributed by atoms with Crippen molar-refractivity contribution in [1.29, 1.82) is 0 Å². The number of sulfone groups is 1. The van der Waals surface area contributed by atoms with Crippen LogP contribution < -0.4 is 14.8 Å². The number of aliphatic hydroxyl groups is 1. The lowest BCUT2D eigenvalue weighted by Crippen LogP contribution is -2.39. The maximum atomic E-state index is 12.4. The van der Waals surface area contributed by atoms with Crippen LogP contribution in [0.1, 0.15) is 20.8 Å². The van der Waals surface area contributed by atoms with Gasteiger partial charge in [0.15, 0.2) is 21.3 Å². The summed E-state index contributed by atoms with van der Waals surface area (Å²) in [6.45, 7) is 5.63. The molecular formula is C16H23NO7S. The van der Waals surface area contributed by atoms with Crippen molar-refractivity contribution in [3.63, 3.8) is 0 Å². The van der Waals surface area contributed by atoms with E-state index in [1.807, 2.05) is 0 Å². The number of hydrogen-bond donors (Lipinski definition) is 2. The maximum absolute atomic E-state index is 12.4. The molecule has 1 heterocycles. The summed E-state index contributed by atoms with van der Waals surface area (Å²) in [5, 5.41) is 12.3. The van der Waals surface area contributed by atoms with Gasteiger partial charge in [-0.3, -0.25) is 0 Å². The Morgan fingerprint density at radius 2 is 1.92 bits per heavy atom. The van der Waals surface area contributed by atoms with E-state index in [0.29, 0.717) is 24.7 Å². The molecule has 0 bridgehead atoms. The smallest absolute Gasteiger partial charge is 0.407 e. The highest BCUT2D eigenvalue weighted by atomic mass is 32.2. The average Bonchev–Trinajstić information content (AvgIpc) is 2.50. The van der Waals surface area contributed by atoms with Crippen LogP contribution in [-0.2, 0) is 14.6 Å². The van der Waals surface area contributed by atoms with Crippen molar-refractivity contribution in [2.45, 2.75) is 37.4 Å². The second-order valence-electron chi connectivity index (χ2n) is 6.62. The molecule has 2 N–H and O–H groups in total. The number of ether oxygens (including phenoxy) is 3. The van der Waals surface area contributed by atoms with Crippen LogP contribution >= 0.6 is 0 Å². The van der Waals surface area contributed by atoms with Crippen LogP contribution in [0.2, 0.25) is 0 Å². The summed E-state index contributed by atoms with van der Waals surface area (Å²) >= 11 is 0. The molecular weight excluding hydrogens is 350 g/mol. The third kappa shape index (κ3) is 5.79. The normalized spacial score (nSPS) is 15.4. The lowest BCUT2D eigenvalue weighted by Gasteiger charge is -2.21. The summed E-state index contributed by atoms with van der Waals surface area (Å²) in [6.07, 6.45) is -1.99. The van der Waals surface area contributed by atoms with Gasteiger partial charge in [-0.05, 0) is 32.9 Å². The molecule has 9 heteroatoms. The van der Waals surface area contributed by atoms with Gasteiger partial charge in [0, 0.05) is 12.6 Å². The van der Waals surface area contributed by atoms with Crippen LogP contribution in [0.4, 0.5) is 4.79 Å². The summed E-state index contributed by atoms with van der Waals surface area (Å²) in [4.78, 5) is 11.6. The third-order valence-electron chi connectivity index (χ3n) is 3.17. The van der Waals surface area contributed by atoms with E-state index in [9.17, 15) is 18.3 Å². The quantitative estimate of drug-likeness (QED) is 0.795. The molecule has 0 spiro atoms. The number of nitrogens with one attached hydrogen (secondary N) is 1. The molecule has 1 aromatic carbocycles. The van der Waals surface area contributed by atoms with Crippen molar-refractivity contribution in [2.24, 2.45) is 0 Å². The zero-order valence-electron chi connectivity index (χ0n) is 14.4. The molecule has 1 atom stereocenters. The predicted octanol–water partition coefficient (Wildman–Crippen LogP) is 1.12. The summed E-state index contributed by atoms with van der Waals surface area (Å²) in [5.41, 5.74) is -0.674. The fourth-order valence-electron chi connectivity index (χ4n) is 2.14. The van der Waals surface area contributed by atoms with E-state index < -0.39 is 33.4 Å². The standard InChI is InChI=1S/C16H23NO7S/c1-16(2,3)24-15(19)17-9-11(18)10-25(20,21)12-4-5-13-14(8-12)23-7-6-22-13/h4-5,8,11,18H,6-7,9-10H2,1-3H3,(H,17,19). The number of fused-ring (bicyclic) bond motifs is 1. The molecule has 1 unspecified atom stereocenters. The Morgan fingerprint density at radius 1 is 1.28 bits per heavy atom. The van der Waals surface area contributed by atoms with E-state index >= 15 is 0 Å². The summed E-state index contributed by atoms with van der Waals surface area (Å²) in [6, 6.07) is 4.29. The number of carbonyl (C=O) groups is 1. The first-order valence-electron chi connectivity index (χ1n) is 7.84. The monoisotopic (exact) mass is 373 g/mol. The van der Waals surface area contributed by atoms with Gasteiger partial charge in [0.2, 0.25) is 0 Å². The molecule has 140 valence electrons. The maximum Gasteiger partial charge on any atom is 0.407 e. The zero-order valence-corrected chi connectivity index (χ0v) is 15.3. The third-order valence-corrected chi connectivity index (χ3v) is 4.96. The SMILES string of the molecule is CC(C)(C)OC(=O)NCC(O)CS(=O)(=O)c1ccc2c(c1)OCCO2. The predicted molar refractivity (Wildman–Crippen MR) is 89.7 cm³/mol. The van der Waals surface area contributed by atoms with Crippen LogP contribution in [0.3, 0.4) is 0 Å². The van der Waals surface area contributed by atoms with Crippen LogP contribution in [0.5, 0.6) is 11.5 Å². The molecule has 1 amide bonds. The van der Waals surface area contributed by atoms with Crippen molar-refractivity contribution in [1.82, 2.24) is 5.32 Å². The molecule has 0 saturated carbocycles. The van der Waals surface area contributed by atoms with Gasteiger partial charge in [0.1, 0.15) is 18.8 Å². The van der Waals surface area contributed by atoms with Gasteiger partial charge in [-0.15, -0.1) is 0 Å². The molecule has 1 aromatic rings. The number of benzene rings is 1. The first-order valence-corrected chi connectivity index (χ1v) is 9.49. The van der Waals surface area contributed by atoms with E-state index in [1.54, 1.807) is 20.8 Å². The number of alkyl carbamates (subject to hydrolysis) is 1. The summed E-state index contributed by atoms with van der Waals surface area (Å²) in [7, 11) is -3.75. The topological polar surface area (TPSA) is 111 Å². The van der Waals surface area contributed by atoms with Crippen LogP contribution in [0.15, 0.2) is 23.1 Å². The highest BCUT2D eigenvalue weighted by Crippen LogP contribution is 2.32. The van der Waals surface area contributed by atoms with E-state index in [1.165, 1.54) is 18.2 Å². The molecule has 2 rings (SSSR count). The molecule has 1 aliphatic rings. The Morgan fingerprint density at radius 3 is 2.56 bits per heavy atom. The number of aliphatic hydroxyl groups excluding tert-OH is 1. The van der Waals surface area contributed by atoms with Gasteiger partial charge in [-0.2, -0.15) is 0 Å². The van der Waals surface area contributed by atoms with Crippen molar-refractivity contribution in [3.8, 4) is 11.5 Å². The van der Waals surface area contributed by atoms with Gasteiger partial charge in [-0.1, -0.05) is 0 Å². The second kappa shape index (κ2) is 7.49. The second-order valence-corrected chi connectivity index (χ2v) is 8.66. The Kier molecular flexibility index (Phi) is 5.79. The minimum Gasteiger partial charge on any atom is -0.486 e. The van der Waals surface area contributed by atoms with Crippen molar-refractivity contribution in [2.75, 3.05) is 25.5 Å². The Balaban J connectivity index is 1.95. The number of hydrogen-bond acceptors (Lipinski definition) is 7. The number of carbonyl (C=O) groups excluding carboxylic acids is 1. The lowest BCUT2D eigenvalue weighted by atomic mass is 10.2. The molecule has 25 heavy (non-hydrogen) atoms. The molecule has 0 fully saturated rings. The van der Waals surface area contributed by atoms with Crippen LogP contribution in [0, 0.1) is 0 Å². The van der Waals surface area contributed by atoms with Crippen LogP contribution in [0.25, 0.3) is 0 Å². The lowest BCUT2D eigenvalue weighted by molar-refractivity contribution is 0.0498. The Labute approximate surface area is 147 Å². The van der Waals surface area contributed by atoms with E-state index in [0.717, 1.165) is 0 Å². The Hall–Kier alpha value is -2.00. The largest absolute Gasteiger partial charge is 0.486 e. The van der Waals surface area contributed by atoms with E-state index in [-0.39, 0.29) is 11.4 Å². The van der Waals surface area contributed by atoms with E-state index in [2.05, 4.69) is 5.32 Å². The van der Waals surface area contributed by atoms with Gasteiger partial charge < -0.3 is 24.6 Å². The highest BCUT2D eigenvalue weighted by Gasteiger charge is 2.24. The minimum atomic E-state index is -3.75. The van der Waals surface area contributed by atoms with Gasteiger partial charge >= 0.3 is 6.09 Å². The van der Waals surface area contributed by atoms with Crippen LogP contribution in [-0.4, -0.2) is 56.8 Å². The fourth-order valence-corrected chi connectivity index (χ4v) is 3.52. The molecule has 1 aliphatic heterocycles. The number of amides is 1.